The van der Waals surface area contributed by atoms with Gasteiger partial charge in [0.1, 0.15) is 0 Å². The summed E-state index contributed by atoms with van der Waals surface area (Å²) in [6, 6.07) is 0. The Hall–Kier alpha value is -0.500. The molecule has 16 heavy (non-hydrogen) atoms. The third-order valence-electron chi connectivity index (χ3n) is 2.52. The van der Waals surface area contributed by atoms with Gasteiger partial charge in [0.15, 0.2) is 5.92 Å². The summed E-state index contributed by atoms with van der Waals surface area (Å²) in [5.74, 6) is -3.51. The van der Waals surface area contributed by atoms with Crippen LogP contribution >= 0.6 is 0 Å². The van der Waals surface area contributed by atoms with Crippen molar-refractivity contribution in [2.45, 2.75) is 12.4 Å². The van der Waals surface area contributed by atoms with Crippen molar-refractivity contribution in [1.29, 1.82) is 0 Å². The molecule has 1 aliphatic heterocycles. The topological polar surface area (TPSA) is 23.5 Å². The van der Waals surface area contributed by atoms with E-state index in [0.717, 1.165) is 4.90 Å². The highest BCUT2D eigenvalue weighted by Crippen LogP contribution is 2.40. The quantitative estimate of drug-likeness (QED) is 0.771. The number of nitrogens with zero attached hydrogens (tertiary/aromatic N) is 1. The van der Waals surface area contributed by atoms with Crippen LogP contribution < -0.4 is 0 Å². The molecule has 0 spiro atoms. The second kappa shape index (κ2) is 4.40. The molecule has 1 heterocycles. The molecule has 1 N–H and O–H groups in total. The minimum Gasteiger partial charge on any atom is -0.396 e. The summed E-state index contributed by atoms with van der Waals surface area (Å²) >= 11 is 0. The molecule has 1 aliphatic rings. The van der Waals surface area contributed by atoms with Gasteiger partial charge in [-0.25, -0.2) is 0 Å². The predicted molar refractivity (Wildman–Crippen MR) is 42.6 cm³/mol. The zero-order valence-corrected chi connectivity index (χ0v) is 8.15. The molecule has 0 amide bonds. The van der Waals surface area contributed by atoms with Crippen LogP contribution in [0.3, 0.4) is 0 Å². The fourth-order valence-electron chi connectivity index (χ4n) is 1.59. The zero-order chi connectivity index (χ0) is 12.6. The first-order chi connectivity index (χ1) is 7.14. The second-order valence-corrected chi connectivity index (χ2v) is 3.90. The molecule has 1 rings (SSSR count). The van der Waals surface area contributed by atoms with Gasteiger partial charge in [0.2, 0.25) is 0 Å². The van der Waals surface area contributed by atoms with E-state index in [4.69, 9.17) is 5.11 Å². The van der Waals surface area contributed by atoms with Crippen LogP contribution in [0.25, 0.3) is 0 Å². The van der Waals surface area contributed by atoms with Crippen LogP contribution in [0.2, 0.25) is 0 Å². The van der Waals surface area contributed by atoms with E-state index in [1.807, 2.05) is 0 Å². The van der Waals surface area contributed by atoms with Crippen molar-refractivity contribution in [2.75, 3.05) is 26.2 Å². The maximum Gasteiger partial charge on any atom is 0.401 e. The van der Waals surface area contributed by atoms with Gasteiger partial charge in [-0.05, 0) is 0 Å². The maximum atomic E-state index is 12.1. The van der Waals surface area contributed by atoms with Gasteiger partial charge in [-0.15, -0.1) is 0 Å². The summed E-state index contributed by atoms with van der Waals surface area (Å²) in [6.07, 6.45) is -10.6. The zero-order valence-electron chi connectivity index (χ0n) is 8.15. The molecule has 0 aromatic carbocycles. The number of likely N-dealkylation sites (tertiary alicyclic amines) is 1. The Labute approximate surface area is 87.8 Å². The van der Waals surface area contributed by atoms with Crippen molar-refractivity contribution in [2.24, 2.45) is 11.8 Å². The van der Waals surface area contributed by atoms with E-state index in [1.165, 1.54) is 0 Å². The highest BCUT2D eigenvalue weighted by molar-refractivity contribution is 4.85. The lowest BCUT2D eigenvalue weighted by Gasteiger charge is -2.40. The summed E-state index contributed by atoms with van der Waals surface area (Å²) < 4.78 is 72.7. The summed E-state index contributed by atoms with van der Waals surface area (Å²) in [5.41, 5.74) is 0. The van der Waals surface area contributed by atoms with E-state index in [0.29, 0.717) is 0 Å². The molecular formula is C8H11F6NO. The molecular weight excluding hydrogens is 240 g/mol. The number of rotatable bonds is 3. The SMILES string of the molecule is OCC1CN(CC(C(F)(F)F)C(F)(F)F)C1. The minimum atomic E-state index is -5.28. The van der Waals surface area contributed by atoms with E-state index in [-0.39, 0.29) is 25.6 Å². The van der Waals surface area contributed by atoms with Gasteiger partial charge >= 0.3 is 12.4 Å². The van der Waals surface area contributed by atoms with Crippen LogP contribution in [0.5, 0.6) is 0 Å². The number of halogens is 6. The average Bonchev–Trinajstić information content (AvgIpc) is 1.96. The van der Waals surface area contributed by atoms with Gasteiger partial charge in [-0.3, -0.25) is 0 Å². The standard InChI is InChI=1S/C8H11F6NO/c9-7(10,11)6(8(12,13)14)3-15-1-5(2-15)4-16/h5-6,16H,1-4H2. The maximum absolute atomic E-state index is 12.1. The smallest absolute Gasteiger partial charge is 0.396 e. The van der Waals surface area contributed by atoms with E-state index in [2.05, 4.69) is 0 Å². The number of aliphatic hydroxyl groups excluding tert-OH is 1. The lowest BCUT2D eigenvalue weighted by molar-refractivity contribution is -0.289. The Bertz CT molecular complexity index is 218. The van der Waals surface area contributed by atoms with Crippen LogP contribution in [0.1, 0.15) is 0 Å². The Balaban J connectivity index is 2.54. The molecule has 96 valence electrons. The molecule has 0 bridgehead atoms. The first-order valence-electron chi connectivity index (χ1n) is 4.61. The Kier molecular flexibility index (Phi) is 3.73. The molecule has 8 heteroatoms. The predicted octanol–water partition coefficient (Wildman–Crippen LogP) is 1.65. The summed E-state index contributed by atoms with van der Waals surface area (Å²) in [6.45, 7) is -1.12. The Morgan fingerprint density at radius 2 is 1.50 bits per heavy atom. The van der Waals surface area contributed by atoms with Crippen molar-refractivity contribution >= 4 is 0 Å². The second-order valence-electron chi connectivity index (χ2n) is 3.90. The first-order valence-corrected chi connectivity index (χ1v) is 4.61. The van der Waals surface area contributed by atoms with Crippen molar-refractivity contribution < 1.29 is 31.4 Å². The normalized spacial score (nSPS) is 20.2. The van der Waals surface area contributed by atoms with Crippen LogP contribution in [0, 0.1) is 11.8 Å². The highest BCUT2D eigenvalue weighted by atomic mass is 19.4. The average molecular weight is 251 g/mol. The van der Waals surface area contributed by atoms with Crippen LogP contribution in [-0.4, -0.2) is 48.6 Å². The van der Waals surface area contributed by atoms with Crippen molar-refractivity contribution in [3.05, 3.63) is 0 Å². The number of hydrogen-bond donors (Lipinski definition) is 1. The van der Waals surface area contributed by atoms with Gasteiger partial charge in [-0.1, -0.05) is 0 Å². The number of aliphatic hydroxyl groups is 1. The summed E-state index contributed by atoms with van der Waals surface area (Å²) in [7, 11) is 0. The van der Waals surface area contributed by atoms with Crippen molar-refractivity contribution in [1.82, 2.24) is 4.90 Å². The lowest BCUT2D eigenvalue weighted by atomic mass is 9.98. The van der Waals surface area contributed by atoms with Gasteiger partial charge < -0.3 is 10.0 Å². The largest absolute Gasteiger partial charge is 0.401 e. The van der Waals surface area contributed by atoms with Gasteiger partial charge in [-0.2, -0.15) is 26.3 Å². The Morgan fingerprint density at radius 3 is 1.81 bits per heavy atom. The molecule has 0 aliphatic carbocycles. The van der Waals surface area contributed by atoms with Crippen molar-refractivity contribution in [3.63, 3.8) is 0 Å². The first kappa shape index (κ1) is 13.6. The van der Waals surface area contributed by atoms with Gasteiger partial charge in [0.25, 0.3) is 0 Å². The molecule has 0 radical (unpaired) electrons. The molecule has 2 nitrogen and oxygen atoms in total. The number of hydrogen-bond acceptors (Lipinski definition) is 2. The van der Waals surface area contributed by atoms with Crippen LogP contribution in [0.4, 0.5) is 26.3 Å². The monoisotopic (exact) mass is 251 g/mol. The molecule has 0 unspecified atom stereocenters. The van der Waals surface area contributed by atoms with Crippen LogP contribution in [-0.2, 0) is 0 Å². The van der Waals surface area contributed by atoms with E-state index in [1.54, 1.807) is 0 Å². The van der Waals surface area contributed by atoms with Crippen molar-refractivity contribution in [3.8, 4) is 0 Å². The molecule has 1 fully saturated rings. The third-order valence-corrected chi connectivity index (χ3v) is 2.52. The molecule has 0 aromatic rings. The number of alkyl halides is 6. The lowest BCUT2D eigenvalue weighted by Crippen LogP contribution is -2.54. The molecule has 0 atom stereocenters. The molecule has 0 saturated carbocycles. The molecule has 0 aromatic heterocycles. The summed E-state index contributed by atoms with van der Waals surface area (Å²) in [5, 5.41) is 8.59. The van der Waals surface area contributed by atoms with Gasteiger partial charge in [0.05, 0.1) is 0 Å². The highest BCUT2D eigenvalue weighted by Gasteiger charge is 2.57. The minimum absolute atomic E-state index is 0.0825. The summed E-state index contributed by atoms with van der Waals surface area (Å²) in [4.78, 5) is 1.05. The fraction of sp³-hybridized carbons (Fsp3) is 1.00. The molecule has 1 saturated heterocycles. The van der Waals surface area contributed by atoms with E-state index >= 15 is 0 Å². The van der Waals surface area contributed by atoms with E-state index in [9.17, 15) is 26.3 Å². The van der Waals surface area contributed by atoms with Gasteiger partial charge in [0, 0.05) is 32.2 Å². The Morgan fingerprint density at radius 1 is 1.06 bits per heavy atom. The third kappa shape index (κ3) is 3.24. The fourth-order valence-corrected chi connectivity index (χ4v) is 1.59. The van der Waals surface area contributed by atoms with Crippen LogP contribution in [0.15, 0.2) is 0 Å². The van der Waals surface area contributed by atoms with E-state index < -0.39 is 24.8 Å².